The fourth-order valence-corrected chi connectivity index (χ4v) is 3.44. The van der Waals surface area contributed by atoms with E-state index in [0.717, 1.165) is 55.0 Å². The molecule has 0 aliphatic rings. The molecule has 140 valence electrons. The van der Waals surface area contributed by atoms with E-state index >= 15 is 0 Å². The number of aryl methyl sites for hydroxylation is 2. The Morgan fingerprint density at radius 1 is 0.852 bits per heavy atom. The Labute approximate surface area is 160 Å². The number of hydrogen-bond donors (Lipinski definition) is 0. The molecule has 3 aromatic rings. The van der Waals surface area contributed by atoms with Gasteiger partial charge in [0, 0.05) is 10.9 Å². The van der Waals surface area contributed by atoms with E-state index in [2.05, 4.69) is 13.5 Å². The largest absolute Gasteiger partial charge is 0.203 e. The van der Waals surface area contributed by atoms with Crippen molar-refractivity contribution in [2.24, 2.45) is 0 Å². The summed E-state index contributed by atoms with van der Waals surface area (Å²) in [7, 11) is 0. The van der Waals surface area contributed by atoms with Crippen LogP contribution in [0.4, 0.5) is 8.78 Å². The lowest BCUT2D eigenvalue weighted by Gasteiger charge is -2.10. The second-order valence-corrected chi connectivity index (χ2v) is 7.09. The fourth-order valence-electron chi connectivity index (χ4n) is 3.44. The predicted octanol–water partition coefficient (Wildman–Crippen LogP) is 7.64. The van der Waals surface area contributed by atoms with E-state index in [-0.39, 0.29) is 0 Å². The summed E-state index contributed by atoms with van der Waals surface area (Å²) in [5.41, 5.74) is 3.24. The number of hydrogen-bond acceptors (Lipinski definition) is 0. The molecule has 0 aliphatic carbocycles. The van der Waals surface area contributed by atoms with E-state index in [9.17, 15) is 8.78 Å². The molecule has 0 radical (unpaired) electrons. The minimum absolute atomic E-state index is 0.314. The molecule has 0 spiro atoms. The lowest BCUT2D eigenvalue weighted by Crippen LogP contribution is -1.94. The fraction of sp³-hybridized carbons (Fsp3) is 0.280. The van der Waals surface area contributed by atoms with Crippen LogP contribution in [-0.2, 0) is 12.8 Å². The summed E-state index contributed by atoms with van der Waals surface area (Å²) < 4.78 is 29.5. The van der Waals surface area contributed by atoms with Crippen LogP contribution in [-0.4, -0.2) is 0 Å². The number of rotatable bonds is 8. The van der Waals surface area contributed by atoms with E-state index in [1.807, 2.05) is 42.5 Å². The minimum Gasteiger partial charge on any atom is -0.203 e. The molecule has 27 heavy (non-hydrogen) atoms. The molecule has 0 saturated heterocycles. The number of fused-ring (bicyclic) bond motifs is 1. The van der Waals surface area contributed by atoms with Gasteiger partial charge in [-0.15, -0.1) is 6.58 Å². The van der Waals surface area contributed by atoms with Gasteiger partial charge in [0.1, 0.15) is 0 Å². The Morgan fingerprint density at radius 2 is 1.59 bits per heavy atom. The monoisotopic (exact) mass is 364 g/mol. The van der Waals surface area contributed by atoms with Crippen molar-refractivity contribution < 1.29 is 8.78 Å². The molecular formula is C25H26F2. The van der Waals surface area contributed by atoms with Crippen LogP contribution in [0.25, 0.3) is 21.9 Å². The molecule has 0 heterocycles. The van der Waals surface area contributed by atoms with Crippen molar-refractivity contribution in [2.75, 3.05) is 0 Å². The van der Waals surface area contributed by atoms with Crippen LogP contribution >= 0.6 is 0 Å². The van der Waals surface area contributed by atoms with E-state index in [1.54, 1.807) is 12.1 Å². The van der Waals surface area contributed by atoms with Crippen LogP contribution < -0.4 is 0 Å². The third-order valence-electron chi connectivity index (χ3n) is 5.05. The third kappa shape index (κ3) is 4.44. The number of halogens is 2. The quantitative estimate of drug-likeness (QED) is 0.285. The highest BCUT2D eigenvalue weighted by molar-refractivity contribution is 5.88. The molecule has 0 bridgehead atoms. The van der Waals surface area contributed by atoms with Crippen molar-refractivity contribution in [3.8, 4) is 11.1 Å². The Bertz CT molecular complexity index is 923. The van der Waals surface area contributed by atoms with Crippen molar-refractivity contribution in [2.45, 2.75) is 45.4 Å². The molecular weight excluding hydrogens is 338 g/mol. The zero-order valence-corrected chi connectivity index (χ0v) is 15.9. The predicted molar refractivity (Wildman–Crippen MR) is 111 cm³/mol. The van der Waals surface area contributed by atoms with Crippen molar-refractivity contribution in [1.82, 2.24) is 0 Å². The van der Waals surface area contributed by atoms with Gasteiger partial charge in [0.25, 0.3) is 0 Å². The van der Waals surface area contributed by atoms with Gasteiger partial charge >= 0.3 is 0 Å². The molecule has 0 amide bonds. The van der Waals surface area contributed by atoms with E-state index in [0.29, 0.717) is 16.5 Å². The van der Waals surface area contributed by atoms with Crippen LogP contribution in [0.3, 0.4) is 0 Å². The summed E-state index contributed by atoms with van der Waals surface area (Å²) in [5.74, 6) is -1.53. The highest BCUT2D eigenvalue weighted by Crippen LogP contribution is 2.32. The Morgan fingerprint density at radius 3 is 2.30 bits per heavy atom. The lowest BCUT2D eigenvalue weighted by atomic mass is 9.96. The van der Waals surface area contributed by atoms with Crippen molar-refractivity contribution in [1.29, 1.82) is 0 Å². The van der Waals surface area contributed by atoms with Crippen LogP contribution in [0, 0.1) is 11.6 Å². The van der Waals surface area contributed by atoms with Gasteiger partial charge in [0.05, 0.1) is 0 Å². The molecule has 2 heteroatoms. The van der Waals surface area contributed by atoms with Gasteiger partial charge in [-0.1, -0.05) is 62.2 Å². The summed E-state index contributed by atoms with van der Waals surface area (Å²) in [6.07, 6.45) is 7.95. The molecule has 0 nitrogen and oxygen atoms in total. The van der Waals surface area contributed by atoms with E-state index in [1.165, 1.54) is 0 Å². The van der Waals surface area contributed by atoms with Crippen LogP contribution in [0.15, 0.2) is 61.2 Å². The van der Waals surface area contributed by atoms with Gasteiger partial charge in [0.2, 0.25) is 0 Å². The summed E-state index contributed by atoms with van der Waals surface area (Å²) in [6.45, 7) is 5.88. The molecule has 0 saturated carbocycles. The maximum Gasteiger partial charge on any atom is 0.167 e. The zero-order chi connectivity index (χ0) is 19.2. The lowest BCUT2D eigenvalue weighted by molar-refractivity contribution is 0.519. The van der Waals surface area contributed by atoms with E-state index < -0.39 is 11.6 Å². The highest BCUT2D eigenvalue weighted by atomic mass is 19.2. The number of unbranched alkanes of at least 4 members (excludes halogenated alkanes) is 2. The molecule has 0 atom stereocenters. The molecule has 3 aromatic carbocycles. The summed E-state index contributed by atoms with van der Waals surface area (Å²) in [6, 6.07) is 15.1. The molecule has 0 aliphatic heterocycles. The first-order valence-electron chi connectivity index (χ1n) is 9.75. The van der Waals surface area contributed by atoms with Gasteiger partial charge in [-0.05, 0) is 59.9 Å². The van der Waals surface area contributed by atoms with Crippen molar-refractivity contribution in [3.05, 3.63) is 83.9 Å². The summed E-state index contributed by atoms with van der Waals surface area (Å²) >= 11 is 0. The third-order valence-corrected chi connectivity index (χ3v) is 5.05. The average Bonchev–Trinajstić information content (AvgIpc) is 2.70. The first-order chi connectivity index (χ1) is 13.1. The topological polar surface area (TPSA) is 0 Å². The average molecular weight is 364 g/mol. The Hall–Kier alpha value is -2.48. The van der Waals surface area contributed by atoms with Gasteiger partial charge in [-0.25, -0.2) is 8.78 Å². The van der Waals surface area contributed by atoms with Crippen LogP contribution in [0.1, 0.15) is 43.7 Å². The number of allylic oxidation sites excluding steroid dienone is 1. The molecule has 0 aromatic heterocycles. The standard InChI is InChI=1S/C25H26F2/c1-3-5-7-9-19-12-15-21-17-23(25(27)24(26)22(21)16-19)20-13-10-18(11-14-20)8-6-4-2/h4,10-17H,2-3,5-9H2,1H3. The smallest absolute Gasteiger partial charge is 0.167 e. The maximum atomic E-state index is 14.8. The zero-order valence-electron chi connectivity index (χ0n) is 15.9. The second kappa shape index (κ2) is 8.94. The highest BCUT2D eigenvalue weighted by Gasteiger charge is 2.15. The van der Waals surface area contributed by atoms with E-state index in [4.69, 9.17) is 0 Å². The van der Waals surface area contributed by atoms with Gasteiger partial charge in [-0.3, -0.25) is 0 Å². The van der Waals surface area contributed by atoms with Crippen molar-refractivity contribution >= 4 is 10.8 Å². The SMILES string of the molecule is C=CCCc1ccc(-c2cc3ccc(CCCCC)cc3c(F)c2F)cc1. The minimum atomic E-state index is -0.771. The Balaban J connectivity index is 1.94. The Kier molecular flexibility index (Phi) is 6.39. The summed E-state index contributed by atoms with van der Waals surface area (Å²) in [4.78, 5) is 0. The molecule has 0 unspecified atom stereocenters. The first kappa shape index (κ1) is 19.3. The van der Waals surface area contributed by atoms with Crippen LogP contribution in [0.2, 0.25) is 0 Å². The summed E-state index contributed by atoms with van der Waals surface area (Å²) in [5, 5.41) is 1.10. The van der Waals surface area contributed by atoms with Gasteiger partial charge in [0.15, 0.2) is 11.6 Å². The molecule has 0 fully saturated rings. The normalized spacial score (nSPS) is 11.1. The van der Waals surface area contributed by atoms with Crippen LogP contribution in [0.5, 0.6) is 0 Å². The second-order valence-electron chi connectivity index (χ2n) is 7.09. The molecule has 3 rings (SSSR count). The first-order valence-corrected chi connectivity index (χ1v) is 9.75. The molecule has 0 N–H and O–H groups in total. The van der Waals surface area contributed by atoms with Gasteiger partial charge in [-0.2, -0.15) is 0 Å². The number of benzene rings is 3. The van der Waals surface area contributed by atoms with Gasteiger partial charge < -0.3 is 0 Å². The van der Waals surface area contributed by atoms with Crippen molar-refractivity contribution in [3.63, 3.8) is 0 Å². The maximum absolute atomic E-state index is 14.8.